The number of carbonyl (C=O) groups excluding carboxylic acids is 1. The van der Waals surface area contributed by atoms with Gasteiger partial charge in [0.05, 0.1) is 0 Å². The Bertz CT molecular complexity index is 200. The maximum Gasteiger partial charge on any atom is 0.223 e. The van der Waals surface area contributed by atoms with Crippen LogP contribution < -0.4 is 5.32 Å². The molecule has 0 heterocycles. The molecule has 102 valence electrons. The van der Waals surface area contributed by atoms with Crippen LogP contribution in [-0.4, -0.2) is 16.8 Å². The second-order valence-corrected chi connectivity index (χ2v) is 5.45. The van der Waals surface area contributed by atoms with Crippen LogP contribution in [0.4, 0.5) is 0 Å². The smallest absolute Gasteiger partial charge is 0.223 e. The van der Waals surface area contributed by atoms with Gasteiger partial charge in [-0.3, -0.25) is 4.79 Å². The topological polar surface area (TPSA) is 29.1 Å². The maximum atomic E-state index is 12.3. The van der Waals surface area contributed by atoms with E-state index >= 15 is 0 Å². The molecule has 0 aliphatic rings. The zero-order valence-electron chi connectivity index (χ0n) is 11.8. The third-order valence-electron chi connectivity index (χ3n) is 3.64. The van der Waals surface area contributed by atoms with Crippen LogP contribution in [0.5, 0.6) is 0 Å². The average Bonchev–Trinajstić information content (AvgIpc) is 2.35. The highest BCUT2D eigenvalue weighted by Crippen LogP contribution is 2.21. The van der Waals surface area contributed by atoms with Crippen molar-refractivity contribution in [2.75, 3.05) is 5.33 Å². The summed E-state index contributed by atoms with van der Waals surface area (Å²) in [6.45, 7) is 8.57. The lowest BCUT2D eigenvalue weighted by Crippen LogP contribution is -2.51. The summed E-state index contributed by atoms with van der Waals surface area (Å²) in [7, 11) is 0. The molecule has 0 radical (unpaired) electrons. The number of alkyl halides is 1. The van der Waals surface area contributed by atoms with Crippen molar-refractivity contribution < 1.29 is 4.79 Å². The standard InChI is InChI=1S/C14H28BrNO/c1-5-9-12(10-6-2)13(17)16-14(7-3,8-4)11-15/h12H,5-11H2,1-4H3,(H,16,17). The van der Waals surface area contributed by atoms with Crippen molar-refractivity contribution >= 4 is 21.8 Å². The fraction of sp³-hybridized carbons (Fsp3) is 0.929. The van der Waals surface area contributed by atoms with Crippen molar-refractivity contribution in [3.05, 3.63) is 0 Å². The van der Waals surface area contributed by atoms with Gasteiger partial charge in [0.25, 0.3) is 0 Å². The quantitative estimate of drug-likeness (QED) is 0.633. The van der Waals surface area contributed by atoms with Gasteiger partial charge in [0, 0.05) is 16.8 Å². The molecule has 1 N–H and O–H groups in total. The Balaban J connectivity index is 4.55. The molecule has 0 bridgehead atoms. The minimum absolute atomic E-state index is 0.0587. The number of hydrogen-bond acceptors (Lipinski definition) is 1. The minimum Gasteiger partial charge on any atom is -0.350 e. The number of amides is 1. The summed E-state index contributed by atoms with van der Waals surface area (Å²) in [6, 6.07) is 0. The lowest BCUT2D eigenvalue weighted by atomic mass is 9.91. The van der Waals surface area contributed by atoms with Crippen LogP contribution in [0.2, 0.25) is 0 Å². The van der Waals surface area contributed by atoms with E-state index in [9.17, 15) is 4.79 Å². The highest BCUT2D eigenvalue weighted by Gasteiger charge is 2.29. The van der Waals surface area contributed by atoms with Crippen molar-refractivity contribution in [3.63, 3.8) is 0 Å². The molecule has 0 saturated carbocycles. The molecule has 0 unspecified atom stereocenters. The summed E-state index contributed by atoms with van der Waals surface area (Å²) in [4.78, 5) is 12.3. The summed E-state index contributed by atoms with van der Waals surface area (Å²) in [6.07, 6.45) is 6.13. The average molecular weight is 306 g/mol. The van der Waals surface area contributed by atoms with Crippen molar-refractivity contribution in [3.8, 4) is 0 Å². The van der Waals surface area contributed by atoms with Gasteiger partial charge in [0.2, 0.25) is 5.91 Å². The van der Waals surface area contributed by atoms with E-state index in [1.54, 1.807) is 0 Å². The molecule has 17 heavy (non-hydrogen) atoms. The van der Waals surface area contributed by atoms with E-state index in [2.05, 4.69) is 48.9 Å². The minimum atomic E-state index is -0.0587. The molecule has 0 saturated heterocycles. The van der Waals surface area contributed by atoms with Crippen LogP contribution in [0, 0.1) is 5.92 Å². The Hall–Kier alpha value is -0.0500. The Kier molecular flexibility index (Phi) is 8.93. The molecule has 0 aromatic carbocycles. The van der Waals surface area contributed by atoms with Crippen LogP contribution in [0.1, 0.15) is 66.2 Å². The summed E-state index contributed by atoms with van der Waals surface area (Å²) in [5.41, 5.74) is -0.0587. The van der Waals surface area contributed by atoms with Crippen molar-refractivity contribution in [1.82, 2.24) is 5.32 Å². The first-order chi connectivity index (χ1) is 8.09. The van der Waals surface area contributed by atoms with Crippen LogP contribution in [0.15, 0.2) is 0 Å². The normalized spacial score (nSPS) is 11.9. The number of carbonyl (C=O) groups is 1. The molecule has 1 amide bonds. The van der Waals surface area contributed by atoms with Crippen molar-refractivity contribution in [1.29, 1.82) is 0 Å². The van der Waals surface area contributed by atoms with Crippen molar-refractivity contribution in [2.45, 2.75) is 71.8 Å². The molecule has 3 heteroatoms. The van der Waals surface area contributed by atoms with Gasteiger partial charge in [-0.2, -0.15) is 0 Å². The van der Waals surface area contributed by atoms with Crippen LogP contribution in [-0.2, 0) is 4.79 Å². The summed E-state index contributed by atoms with van der Waals surface area (Å²) >= 11 is 3.53. The summed E-state index contributed by atoms with van der Waals surface area (Å²) < 4.78 is 0. The monoisotopic (exact) mass is 305 g/mol. The Morgan fingerprint density at radius 1 is 1.12 bits per heavy atom. The lowest BCUT2D eigenvalue weighted by molar-refractivity contribution is -0.127. The first kappa shape index (κ1) is 16.9. The largest absolute Gasteiger partial charge is 0.350 e. The van der Waals surface area contributed by atoms with Gasteiger partial charge in [-0.1, -0.05) is 56.5 Å². The van der Waals surface area contributed by atoms with E-state index in [0.29, 0.717) is 0 Å². The number of halogens is 1. The summed E-state index contributed by atoms with van der Waals surface area (Å²) in [5.74, 6) is 0.443. The molecule has 2 nitrogen and oxygen atoms in total. The van der Waals surface area contributed by atoms with Crippen LogP contribution in [0.25, 0.3) is 0 Å². The molecule has 0 aromatic rings. The molecule has 0 atom stereocenters. The number of nitrogens with one attached hydrogen (secondary N) is 1. The first-order valence-corrected chi connectivity index (χ1v) is 8.09. The Labute approximate surface area is 115 Å². The van der Waals surface area contributed by atoms with Gasteiger partial charge in [0.15, 0.2) is 0 Å². The zero-order chi connectivity index (χ0) is 13.3. The predicted molar refractivity (Wildman–Crippen MR) is 78.6 cm³/mol. The first-order valence-electron chi connectivity index (χ1n) is 6.97. The molecule has 0 spiro atoms. The van der Waals surface area contributed by atoms with Gasteiger partial charge in [-0.05, 0) is 25.7 Å². The second-order valence-electron chi connectivity index (χ2n) is 4.88. The zero-order valence-corrected chi connectivity index (χ0v) is 13.4. The number of rotatable bonds is 9. The van der Waals surface area contributed by atoms with E-state index < -0.39 is 0 Å². The maximum absolute atomic E-state index is 12.3. The molecular weight excluding hydrogens is 278 g/mol. The van der Waals surface area contributed by atoms with E-state index in [-0.39, 0.29) is 17.4 Å². The SMILES string of the molecule is CCCC(CCC)C(=O)NC(CC)(CC)CBr. The van der Waals surface area contributed by atoms with E-state index in [1.807, 2.05) is 0 Å². The molecule has 0 rings (SSSR count). The fourth-order valence-electron chi connectivity index (χ4n) is 2.12. The third kappa shape index (κ3) is 5.41. The molecular formula is C14H28BrNO. The van der Waals surface area contributed by atoms with Crippen LogP contribution >= 0.6 is 15.9 Å². The fourth-order valence-corrected chi connectivity index (χ4v) is 3.05. The van der Waals surface area contributed by atoms with Gasteiger partial charge in [-0.25, -0.2) is 0 Å². The van der Waals surface area contributed by atoms with Gasteiger partial charge >= 0.3 is 0 Å². The molecule has 0 aliphatic carbocycles. The second kappa shape index (κ2) is 8.96. The van der Waals surface area contributed by atoms with Gasteiger partial charge in [-0.15, -0.1) is 0 Å². The van der Waals surface area contributed by atoms with E-state index in [4.69, 9.17) is 0 Å². The molecule has 0 fully saturated rings. The molecule has 0 aliphatic heterocycles. The predicted octanol–water partition coefficient (Wildman–Crippen LogP) is 4.27. The van der Waals surface area contributed by atoms with Crippen molar-refractivity contribution in [2.24, 2.45) is 5.92 Å². The lowest BCUT2D eigenvalue weighted by Gasteiger charge is -2.32. The Morgan fingerprint density at radius 3 is 1.88 bits per heavy atom. The van der Waals surface area contributed by atoms with Crippen LogP contribution in [0.3, 0.4) is 0 Å². The van der Waals surface area contributed by atoms with Gasteiger partial charge < -0.3 is 5.32 Å². The summed E-state index contributed by atoms with van der Waals surface area (Å²) in [5, 5.41) is 4.10. The van der Waals surface area contributed by atoms with Gasteiger partial charge in [0.1, 0.15) is 0 Å². The van der Waals surface area contributed by atoms with E-state index in [0.717, 1.165) is 43.9 Å². The highest BCUT2D eigenvalue weighted by molar-refractivity contribution is 9.09. The highest BCUT2D eigenvalue weighted by atomic mass is 79.9. The molecule has 0 aromatic heterocycles. The van der Waals surface area contributed by atoms with E-state index in [1.165, 1.54) is 0 Å². The Morgan fingerprint density at radius 2 is 1.59 bits per heavy atom. The third-order valence-corrected chi connectivity index (χ3v) is 4.72. The number of hydrogen-bond donors (Lipinski definition) is 1.